The third-order valence-electron chi connectivity index (χ3n) is 2.77. The van der Waals surface area contributed by atoms with E-state index in [1.54, 1.807) is 7.11 Å². The second-order valence-electron chi connectivity index (χ2n) is 4.84. The molecule has 0 saturated carbocycles. The van der Waals surface area contributed by atoms with Crippen molar-refractivity contribution in [3.05, 3.63) is 0 Å². The minimum atomic E-state index is -3.68. The summed E-state index contributed by atoms with van der Waals surface area (Å²) in [6.07, 6.45) is -3.16. The molecule has 0 radical (unpaired) electrons. The third-order valence-corrected chi connectivity index (χ3v) is 3.76. The molecule has 0 aromatic heterocycles. The molecule has 8 heteroatoms. The van der Waals surface area contributed by atoms with E-state index in [-0.39, 0.29) is 18.3 Å². The second kappa shape index (κ2) is 7.13. The summed E-state index contributed by atoms with van der Waals surface area (Å²) < 4.78 is 33.2. The molecule has 114 valence electrons. The van der Waals surface area contributed by atoms with Gasteiger partial charge in [-0.25, -0.2) is 0 Å². The van der Waals surface area contributed by atoms with Gasteiger partial charge in [-0.05, 0) is 20.8 Å². The lowest BCUT2D eigenvalue weighted by Crippen LogP contribution is -2.39. The smallest absolute Gasteiger partial charge is 0.250 e. The average molecular weight is 298 g/mol. The van der Waals surface area contributed by atoms with Crippen LogP contribution in [-0.2, 0) is 23.5 Å². The number of rotatable bonds is 7. The Morgan fingerprint density at radius 3 is 2.47 bits per heavy atom. The molecule has 0 spiro atoms. The van der Waals surface area contributed by atoms with Crippen molar-refractivity contribution in [2.75, 3.05) is 19.8 Å². The molecule has 5 atom stereocenters. The number of aliphatic hydroxyl groups excluding tert-OH is 1. The van der Waals surface area contributed by atoms with Crippen molar-refractivity contribution < 1.29 is 33.5 Å². The van der Waals surface area contributed by atoms with Crippen LogP contribution in [0.5, 0.6) is 0 Å². The van der Waals surface area contributed by atoms with Crippen LogP contribution in [0.1, 0.15) is 20.8 Å². The van der Waals surface area contributed by atoms with Gasteiger partial charge in [-0.15, -0.1) is 0 Å². The molecule has 19 heavy (non-hydrogen) atoms. The Morgan fingerprint density at radius 2 is 2.00 bits per heavy atom. The Balaban J connectivity index is 2.66. The van der Waals surface area contributed by atoms with Gasteiger partial charge in [-0.1, -0.05) is 0 Å². The molecular formula is C11H23O7P. The van der Waals surface area contributed by atoms with Crippen LogP contribution < -0.4 is 0 Å². The van der Waals surface area contributed by atoms with Crippen molar-refractivity contribution in [1.29, 1.82) is 0 Å². The Kier molecular flexibility index (Phi) is 6.39. The van der Waals surface area contributed by atoms with E-state index < -0.39 is 32.5 Å². The molecule has 1 unspecified atom stereocenters. The fraction of sp³-hybridized carbons (Fsp3) is 1.00. The van der Waals surface area contributed by atoms with E-state index in [2.05, 4.69) is 0 Å². The maximum absolute atomic E-state index is 11.4. The summed E-state index contributed by atoms with van der Waals surface area (Å²) in [6, 6.07) is 0. The standard InChI is InChI=1S/C11H23O7P/c1-7(2)17-10-9(15-4)8(3)18-11(10)16-6-19(13,14)5-12/h7-12H,5-6H2,1-4H3,(H,13,14)/t8-,9-,10-,11-/m0/s1. The van der Waals surface area contributed by atoms with Gasteiger partial charge in [0.1, 0.15) is 24.9 Å². The second-order valence-corrected chi connectivity index (χ2v) is 7.08. The Morgan fingerprint density at radius 1 is 1.37 bits per heavy atom. The van der Waals surface area contributed by atoms with Crippen molar-refractivity contribution in [2.45, 2.75) is 51.5 Å². The van der Waals surface area contributed by atoms with Gasteiger partial charge in [-0.2, -0.15) is 0 Å². The molecule has 0 bridgehead atoms. The molecule has 2 N–H and O–H groups in total. The summed E-state index contributed by atoms with van der Waals surface area (Å²) in [5.74, 6) is 0. The normalized spacial score (nSPS) is 34.7. The molecule has 1 aliphatic rings. The van der Waals surface area contributed by atoms with Gasteiger partial charge < -0.3 is 28.9 Å². The molecule has 7 nitrogen and oxygen atoms in total. The summed E-state index contributed by atoms with van der Waals surface area (Å²) in [6.45, 7) is 5.56. The topological polar surface area (TPSA) is 94.5 Å². The molecule has 1 heterocycles. The van der Waals surface area contributed by atoms with E-state index >= 15 is 0 Å². The predicted molar refractivity (Wildman–Crippen MR) is 68.0 cm³/mol. The fourth-order valence-corrected chi connectivity index (χ4v) is 2.40. The molecule has 0 amide bonds. The van der Waals surface area contributed by atoms with Crippen molar-refractivity contribution in [2.24, 2.45) is 0 Å². The summed E-state index contributed by atoms with van der Waals surface area (Å²) in [5.41, 5.74) is 0. The SMILES string of the molecule is CO[C@@H]1[C@H](OC(C)C)[C@@H](OCP(=O)(O)CO)O[C@H]1C. The van der Waals surface area contributed by atoms with Crippen LogP contribution in [0, 0.1) is 0 Å². The molecule has 1 aliphatic heterocycles. The van der Waals surface area contributed by atoms with Crippen molar-refractivity contribution in [3.8, 4) is 0 Å². The number of hydrogen-bond acceptors (Lipinski definition) is 6. The largest absolute Gasteiger partial charge is 0.386 e. The Bertz CT molecular complexity index is 322. The zero-order valence-electron chi connectivity index (χ0n) is 11.7. The number of methoxy groups -OCH3 is 1. The van der Waals surface area contributed by atoms with Gasteiger partial charge in [-0.3, -0.25) is 4.57 Å². The van der Waals surface area contributed by atoms with E-state index in [0.717, 1.165) is 0 Å². The molecule has 0 aliphatic carbocycles. The van der Waals surface area contributed by atoms with Crippen LogP contribution in [0.2, 0.25) is 0 Å². The highest BCUT2D eigenvalue weighted by Gasteiger charge is 2.45. The van der Waals surface area contributed by atoms with Crippen LogP contribution in [0.4, 0.5) is 0 Å². The molecular weight excluding hydrogens is 275 g/mol. The minimum absolute atomic E-state index is 0.0542. The van der Waals surface area contributed by atoms with Crippen LogP contribution >= 0.6 is 7.37 Å². The number of aliphatic hydroxyl groups is 1. The van der Waals surface area contributed by atoms with Gasteiger partial charge in [0.15, 0.2) is 6.29 Å². The first-order valence-electron chi connectivity index (χ1n) is 6.17. The first kappa shape index (κ1) is 17.0. The van der Waals surface area contributed by atoms with E-state index in [0.29, 0.717) is 0 Å². The maximum Gasteiger partial charge on any atom is 0.250 e. The lowest BCUT2D eigenvalue weighted by molar-refractivity contribution is -0.176. The lowest BCUT2D eigenvalue weighted by atomic mass is 10.1. The highest BCUT2D eigenvalue weighted by Crippen LogP contribution is 2.40. The van der Waals surface area contributed by atoms with Gasteiger partial charge in [0.2, 0.25) is 7.37 Å². The number of hydrogen-bond donors (Lipinski definition) is 2. The summed E-state index contributed by atoms with van der Waals surface area (Å²) in [4.78, 5) is 9.29. The first-order chi connectivity index (χ1) is 8.80. The molecule has 1 rings (SSSR count). The van der Waals surface area contributed by atoms with E-state index in [1.807, 2.05) is 20.8 Å². The van der Waals surface area contributed by atoms with Crippen LogP contribution in [-0.4, -0.2) is 60.5 Å². The Labute approximate surface area is 113 Å². The molecule has 1 saturated heterocycles. The average Bonchev–Trinajstić information content (AvgIpc) is 2.62. The molecule has 0 aromatic rings. The van der Waals surface area contributed by atoms with Gasteiger partial charge in [0.05, 0.1) is 12.2 Å². The van der Waals surface area contributed by atoms with E-state index in [9.17, 15) is 9.46 Å². The van der Waals surface area contributed by atoms with Gasteiger partial charge >= 0.3 is 0 Å². The van der Waals surface area contributed by atoms with Gasteiger partial charge in [0.25, 0.3) is 0 Å². The third kappa shape index (κ3) is 4.79. The van der Waals surface area contributed by atoms with E-state index in [4.69, 9.17) is 24.1 Å². The summed E-state index contributed by atoms with van der Waals surface area (Å²) >= 11 is 0. The van der Waals surface area contributed by atoms with Crippen LogP contribution in [0.15, 0.2) is 0 Å². The monoisotopic (exact) mass is 298 g/mol. The lowest BCUT2D eigenvalue weighted by Gasteiger charge is -2.25. The van der Waals surface area contributed by atoms with Crippen LogP contribution in [0.3, 0.4) is 0 Å². The predicted octanol–water partition coefficient (Wildman–Crippen LogP) is 0.734. The van der Waals surface area contributed by atoms with E-state index in [1.165, 1.54) is 0 Å². The first-order valence-corrected chi connectivity index (χ1v) is 8.20. The number of ether oxygens (including phenoxy) is 4. The zero-order chi connectivity index (χ0) is 14.6. The van der Waals surface area contributed by atoms with Crippen molar-refractivity contribution >= 4 is 7.37 Å². The van der Waals surface area contributed by atoms with Gasteiger partial charge in [0, 0.05) is 7.11 Å². The van der Waals surface area contributed by atoms with Crippen LogP contribution in [0.25, 0.3) is 0 Å². The summed E-state index contributed by atoms with van der Waals surface area (Å²) in [5, 5.41) is 8.74. The van der Waals surface area contributed by atoms with Crippen molar-refractivity contribution in [3.63, 3.8) is 0 Å². The summed E-state index contributed by atoms with van der Waals surface area (Å²) in [7, 11) is -2.13. The maximum atomic E-state index is 11.4. The fourth-order valence-electron chi connectivity index (χ4n) is 1.93. The minimum Gasteiger partial charge on any atom is -0.386 e. The Hall–Kier alpha value is -0.0100. The quantitative estimate of drug-likeness (QED) is 0.669. The highest BCUT2D eigenvalue weighted by molar-refractivity contribution is 7.57. The van der Waals surface area contributed by atoms with Crippen molar-refractivity contribution in [1.82, 2.24) is 0 Å². The molecule has 1 fully saturated rings. The highest BCUT2D eigenvalue weighted by atomic mass is 31.2. The molecule has 0 aromatic carbocycles. The zero-order valence-corrected chi connectivity index (χ0v) is 12.6.